The molecular formula is C12H15F2NO2. The molecule has 1 N–H and O–H groups in total. The van der Waals surface area contributed by atoms with Crippen molar-refractivity contribution in [3.8, 4) is 0 Å². The number of carbonyl (C=O) groups is 1. The van der Waals surface area contributed by atoms with Gasteiger partial charge in [0.25, 0.3) is 0 Å². The van der Waals surface area contributed by atoms with E-state index in [2.05, 4.69) is 0 Å². The Labute approximate surface area is 98.7 Å². The normalized spacial score (nSPS) is 14.7. The van der Waals surface area contributed by atoms with Crippen molar-refractivity contribution in [2.24, 2.45) is 0 Å². The van der Waals surface area contributed by atoms with Crippen LogP contribution in [0.15, 0.2) is 18.2 Å². The van der Waals surface area contributed by atoms with Crippen LogP contribution in [0.5, 0.6) is 0 Å². The van der Waals surface area contributed by atoms with Gasteiger partial charge in [0, 0.05) is 11.6 Å². The van der Waals surface area contributed by atoms with Gasteiger partial charge in [-0.2, -0.15) is 0 Å². The number of nitrogens with zero attached hydrogens (tertiary/aromatic N) is 1. The van der Waals surface area contributed by atoms with Gasteiger partial charge in [0.2, 0.25) is 0 Å². The summed E-state index contributed by atoms with van der Waals surface area (Å²) in [5.74, 6) is -2.08. The van der Waals surface area contributed by atoms with Crippen LogP contribution in [0, 0.1) is 11.6 Å². The van der Waals surface area contributed by atoms with Crippen LogP contribution >= 0.6 is 0 Å². The molecule has 0 amide bonds. The molecule has 94 valence electrons. The van der Waals surface area contributed by atoms with E-state index < -0.39 is 29.7 Å². The lowest BCUT2D eigenvalue weighted by Crippen LogP contribution is -2.37. The van der Waals surface area contributed by atoms with E-state index in [4.69, 9.17) is 5.11 Å². The molecule has 17 heavy (non-hydrogen) atoms. The summed E-state index contributed by atoms with van der Waals surface area (Å²) >= 11 is 0. The van der Waals surface area contributed by atoms with E-state index in [1.807, 2.05) is 0 Å². The van der Waals surface area contributed by atoms with Crippen LogP contribution in [0.4, 0.5) is 8.78 Å². The molecule has 0 aliphatic heterocycles. The predicted octanol–water partition coefficient (Wildman–Crippen LogP) is 2.43. The zero-order chi connectivity index (χ0) is 13.2. The molecule has 3 nitrogen and oxygen atoms in total. The minimum Gasteiger partial charge on any atom is -0.480 e. The molecule has 2 unspecified atom stereocenters. The maximum atomic E-state index is 13.5. The van der Waals surface area contributed by atoms with Gasteiger partial charge in [-0.3, -0.25) is 9.69 Å². The fourth-order valence-corrected chi connectivity index (χ4v) is 1.56. The van der Waals surface area contributed by atoms with Gasteiger partial charge in [-0.05, 0) is 39.1 Å². The zero-order valence-electron chi connectivity index (χ0n) is 9.95. The van der Waals surface area contributed by atoms with Gasteiger partial charge in [-0.1, -0.05) is 0 Å². The first-order valence-electron chi connectivity index (χ1n) is 5.24. The first-order valence-corrected chi connectivity index (χ1v) is 5.24. The predicted molar refractivity (Wildman–Crippen MR) is 59.6 cm³/mol. The molecule has 0 fully saturated rings. The zero-order valence-corrected chi connectivity index (χ0v) is 9.95. The van der Waals surface area contributed by atoms with E-state index in [0.29, 0.717) is 0 Å². The summed E-state index contributed by atoms with van der Waals surface area (Å²) in [6.07, 6.45) is 0. The van der Waals surface area contributed by atoms with Crippen molar-refractivity contribution in [3.63, 3.8) is 0 Å². The van der Waals surface area contributed by atoms with Gasteiger partial charge in [-0.25, -0.2) is 8.78 Å². The van der Waals surface area contributed by atoms with E-state index in [1.54, 1.807) is 14.0 Å². The maximum absolute atomic E-state index is 13.5. The third kappa shape index (κ3) is 3.00. The Morgan fingerprint density at radius 3 is 2.47 bits per heavy atom. The fraction of sp³-hybridized carbons (Fsp3) is 0.417. The van der Waals surface area contributed by atoms with Crippen LogP contribution in [0.1, 0.15) is 25.5 Å². The van der Waals surface area contributed by atoms with E-state index in [0.717, 1.165) is 18.2 Å². The molecule has 1 aromatic carbocycles. The summed E-state index contributed by atoms with van der Waals surface area (Å²) in [6.45, 7) is 3.13. The first kappa shape index (κ1) is 13.6. The van der Waals surface area contributed by atoms with Crippen molar-refractivity contribution in [3.05, 3.63) is 35.4 Å². The molecule has 1 rings (SSSR count). The second-order valence-electron chi connectivity index (χ2n) is 4.02. The Hall–Kier alpha value is -1.49. The average molecular weight is 243 g/mol. The lowest BCUT2D eigenvalue weighted by atomic mass is 10.0. The number of carboxylic acid groups (broad SMARTS) is 1. The fourth-order valence-electron chi connectivity index (χ4n) is 1.56. The molecule has 2 atom stereocenters. The molecule has 0 saturated carbocycles. The molecule has 0 aromatic heterocycles. The van der Waals surface area contributed by atoms with Crippen LogP contribution in [0.2, 0.25) is 0 Å². The van der Waals surface area contributed by atoms with Crippen LogP contribution in [0.3, 0.4) is 0 Å². The van der Waals surface area contributed by atoms with Crippen molar-refractivity contribution < 1.29 is 18.7 Å². The number of aliphatic carboxylic acids is 1. The first-order chi connectivity index (χ1) is 7.84. The minimum atomic E-state index is -1.00. The van der Waals surface area contributed by atoms with Gasteiger partial charge >= 0.3 is 5.97 Å². The number of likely N-dealkylation sites (N-methyl/N-ethyl adjacent to an activating group) is 1. The summed E-state index contributed by atoms with van der Waals surface area (Å²) in [5, 5.41) is 8.86. The third-order valence-electron chi connectivity index (χ3n) is 2.99. The molecule has 0 radical (unpaired) electrons. The molecule has 1 aromatic rings. The Morgan fingerprint density at radius 1 is 1.35 bits per heavy atom. The topological polar surface area (TPSA) is 40.5 Å². The molecule has 0 spiro atoms. The molecule has 0 aliphatic carbocycles. The lowest BCUT2D eigenvalue weighted by Gasteiger charge is -2.28. The minimum absolute atomic E-state index is 0.153. The van der Waals surface area contributed by atoms with Gasteiger partial charge in [0.1, 0.15) is 17.7 Å². The highest BCUT2D eigenvalue weighted by Crippen LogP contribution is 2.24. The largest absolute Gasteiger partial charge is 0.480 e. The van der Waals surface area contributed by atoms with Crippen LogP contribution in [-0.4, -0.2) is 29.1 Å². The number of hydrogen-bond donors (Lipinski definition) is 1. The Morgan fingerprint density at radius 2 is 1.94 bits per heavy atom. The van der Waals surface area contributed by atoms with Gasteiger partial charge in [-0.15, -0.1) is 0 Å². The van der Waals surface area contributed by atoms with Crippen molar-refractivity contribution >= 4 is 5.97 Å². The van der Waals surface area contributed by atoms with Crippen molar-refractivity contribution in [1.82, 2.24) is 4.90 Å². The highest BCUT2D eigenvalue weighted by molar-refractivity contribution is 5.72. The molecule has 5 heteroatoms. The number of benzene rings is 1. The van der Waals surface area contributed by atoms with Crippen molar-refractivity contribution in [2.75, 3.05) is 7.05 Å². The van der Waals surface area contributed by atoms with E-state index in [-0.39, 0.29) is 5.56 Å². The van der Waals surface area contributed by atoms with Gasteiger partial charge in [0.15, 0.2) is 0 Å². The Balaban J connectivity index is 2.99. The van der Waals surface area contributed by atoms with Crippen molar-refractivity contribution in [2.45, 2.75) is 25.9 Å². The molecule has 0 saturated heterocycles. The monoisotopic (exact) mass is 243 g/mol. The molecule has 0 heterocycles. The molecule has 0 bridgehead atoms. The molecular weight excluding hydrogens is 228 g/mol. The number of halogens is 2. The quantitative estimate of drug-likeness (QED) is 0.883. The Kier molecular flexibility index (Phi) is 4.17. The molecule has 0 aliphatic rings. The summed E-state index contributed by atoms with van der Waals surface area (Å²) < 4.78 is 26.5. The van der Waals surface area contributed by atoms with E-state index in [1.165, 1.54) is 11.8 Å². The summed E-state index contributed by atoms with van der Waals surface area (Å²) in [5.41, 5.74) is 0.153. The SMILES string of the molecule is CC(C(=O)O)N(C)C(C)c1cc(F)ccc1F. The van der Waals surface area contributed by atoms with Crippen LogP contribution in [-0.2, 0) is 4.79 Å². The van der Waals surface area contributed by atoms with E-state index in [9.17, 15) is 13.6 Å². The number of rotatable bonds is 4. The maximum Gasteiger partial charge on any atom is 0.320 e. The summed E-state index contributed by atoms with van der Waals surface area (Å²) in [4.78, 5) is 12.3. The van der Waals surface area contributed by atoms with Crippen LogP contribution < -0.4 is 0 Å². The summed E-state index contributed by atoms with van der Waals surface area (Å²) in [7, 11) is 1.56. The van der Waals surface area contributed by atoms with Gasteiger partial charge in [0.05, 0.1) is 0 Å². The second kappa shape index (κ2) is 5.23. The average Bonchev–Trinajstić information content (AvgIpc) is 2.29. The number of carboxylic acids is 1. The smallest absolute Gasteiger partial charge is 0.320 e. The Bertz CT molecular complexity index is 423. The van der Waals surface area contributed by atoms with Gasteiger partial charge < -0.3 is 5.11 Å². The summed E-state index contributed by atoms with van der Waals surface area (Å²) in [6, 6.07) is 1.88. The second-order valence-corrected chi connectivity index (χ2v) is 4.02. The van der Waals surface area contributed by atoms with Crippen LogP contribution in [0.25, 0.3) is 0 Å². The highest BCUT2D eigenvalue weighted by atomic mass is 19.1. The van der Waals surface area contributed by atoms with Crippen molar-refractivity contribution in [1.29, 1.82) is 0 Å². The number of hydrogen-bond acceptors (Lipinski definition) is 2. The highest BCUT2D eigenvalue weighted by Gasteiger charge is 2.24. The lowest BCUT2D eigenvalue weighted by molar-refractivity contribution is -0.142. The van der Waals surface area contributed by atoms with E-state index >= 15 is 0 Å². The standard InChI is InChI=1S/C12H15F2NO2/c1-7(15(3)8(2)12(16)17)10-6-9(13)4-5-11(10)14/h4-8H,1-3H3,(H,16,17). The third-order valence-corrected chi connectivity index (χ3v) is 2.99.